The molecule has 4 heteroatoms. The fourth-order valence-corrected chi connectivity index (χ4v) is 4.34. The van der Waals surface area contributed by atoms with Crippen molar-refractivity contribution < 1.29 is 14.3 Å². The Morgan fingerprint density at radius 1 is 1.14 bits per heavy atom. The average molecular weight is 377 g/mol. The van der Waals surface area contributed by atoms with Gasteiger partial charge in [-0.15, -0.1) is 0 Å². The van der Waals surface area contributed by atoms with E-state index in [1.54, 1.807) is 7.11 Å². The predicted octanol–water partition coefficient (Wildman–Crippen LogP) is 5.35. The second kappa shape index (κ2) is 8.09. The Kier molecular flexibility index (Phi) is 5.38. The molecule has 2 aliphatic rings. The van der Waals surface area contributed by atoms with Gasteiger partial charge in [0.15, 0.2) is 0 Å². The lowest BCUT2D eigenvalue weighted by molar-refractivity contribution is 0.0510. The number of methoxy groups -OCH3 is 1. The lowest BCUT2D eigenvalue weighted by Gasteiger charge is -2.44. The maximum Gasteiger partial charge on any atom is 0.410 e. The van der Waals surface area contributed by atoms with E-state index in [4.69, 9.17) is 9.47 Å². The molecule has 0 saturated carbocycles. The maximum atomic E-state index is 12.8. The van der Waals surface area contributed by atoms with Crippen molar-refractivity contribution in [3.05, 3.63) is 71.3 Å². The number of aryl methyl sites for hydroxylation is 1. The van der Waals surface area contributed by atoms with Gasteiger partial charge in [-0.25, -0.2) is 4.79 Å². The highest BCUT2D eigenvalue weighted by Gasteiger charge is 2.38. The largest absolute Gasteiger partial charge is 0.496 e. The van der Waals surface area contributed by atoms with Crippen LogP contribution in [-0.4, -0.2) is 30.2 Å². The van der Waals surface area contributed by atoms with Crippen LogP contribution in [0.25, 0.3) is 5.57 Å². The van der Waals surface area contributed by atoms with Crippen LogP contribution < -0.4 is 4.74 Å². The lowest BCUT2D eigenvalue weighted by atomic mass is 9.83. The average Bonchev–Trinajstić information content (AvgIpc) is 2.72. The first kappa shape index (κ1) is 18.6. The summed E-state index contributed by atoms with van der Waals surface area (Å²) in [5, 5.41) is 0. The molecule has 2 heterocycles. The third-order valence-corrected chi connectivity index (χ3v) is 5.83. The third kappa shape index (κ3) is 3.77. The molecule has 2 aliphatic heterocycles. The zero-order valence-corrected chi connectivity index (χ0v) is 16.6. The van der Waals surface area contributed by atoms with Crippen molar-refractivity contribution in [1.29, 1.82) is 0 Å². The first-order chi connectivity index (χ1) is 13.7. The number of fused-ring (bicyclic) bond motifs is 2. The molecule has 0 N–H and O–H groups in total. The van der Waals surface area contributed by atoms with Crippen LogP contribution in [0.2, 0.25) is 0 Å². The molecule has 0 aliphatic carbocycles. The fraction of sp³-hybridized carbons (Fsp3) is 0.375. The molecule has 0 radical (unpaired) electrons. The van der Waals surface area contributed by atoms with Crippen molar-refractivity contribution in [1.82, 2.24) is 4.90 Å². The van der Waals surface area contributed by atoms with Crippen LogP contribution in [0.15, 0.2) is 54.6 Å². The molecule has 146 valence electrons. The predicted molar refractivity (Wildman–Crippen MR) is 110 cm³/mol. The van der Waals surface area contributed by atoms with Gasteiger partial charge in [0.2, 0.25) is 0 Å². The molecule has 28 heavy (non-hydrogen) atoms. The van der Waals surface area contributed by atoms with E-state index in [0.29, 0.717) is 6.61 Å². The highest BCUT2D eigenvalue weighted by atomic mass is 16.6. The van der Waals surface area contributed by atoms with Crippen molar-refractivity contribution in [2.24, 2.45) is 0 Å². The summed E-state index contributed by atoms with van der Waals surface area (Å²) in [6.45, 7) is 2.37. The van der Waals surface area contributed by atoms with E-state index in [1.807, 2.05) is 35.2 Å². The van der Waals surface area contributed by atoms with Crippen molar-refractivity contribution >= 4 is 11.7 Å². The minimum absolute atomic E-state index is 0.109. The summed E-state index contributed by atoms with van der Waals surface area (Å²) in [5.41, 5.74) is 4.65. The molecule has 1 amide bonds. The summed E-state index contributed by atoms with van der Waals surface area (Å²) in [4.78, 5) is 14.8. The Balaban J connectivity index is 1.51. The minimum atomic E-state index is -0.199. The van der Waals surface area contributed by atoms with Gasteiger partial charge < -0.3 is 9.47 Å². The van der Waals surface area contributed by atoms with Gasteiger partial charge in [-0.2, -0.15) is 0 Å². The van der Waals surface area contributed by atoms with Crippen molar-refractivity contribution in [2.45, 2.75) is 51.3 Å². The van der Waals surface area contributed by atoms with E-state index < -0.39 is 0 Å². The number of hydrogen-bond acceptors (Lipinski definition) is 3. The topological polar surface area (TPSA) is 38.8 Å². The van der Waals surface area contributed by atoms with Crippen LogP contribution in [0.3, 0.4) is 0 Å². The number of nitrogens with zero attached hydrogens (tertiary/aromatic N) is 1. The standard InChI is InChI=1S/C24H27NO3/c1-17-11-12-19(15-23(17)27-2)20-13-21-9-6-10-22(14-20)25(21)24(26)28-16-18-7-4-3-5-8-18/h3-5,7-8,11-13,15,21-22H,6,9-10,14,16H2,1-2H3. The number of carbonyl (C=O) groups excluding carboxylic acids is 1. The van der Waals surface area contributed by atoms with Gasteiger partial charge in [-0.3, -0.25) is 4.90 Å². The monoisotopic (exact) mass is 377 g/mol. The number of rotatable bonds is 4. The van der Waals surface area contributed by atoms with E-state index >= 15 is 0 Å². The summed E-state index contributed by atoms with van der Waals surface area (Å²) < 4.78 is 11.1. The highest BCUT2D eigenvalue weighted by Crippen LogP contribution is 2.38. The van der Waals surface area contributed by atoms with Gasteiger partial charge in [0.1, 0.15) is 12.4 Å². The summed E-state index contributed by atoms with van der Waals surface area (Å²) in [6, 6.07) is 16.5. The molecule has 0 aromatic heterocycles. The molecule has 2 aromatic carbocycles. The van der Waals surface area contributed by atoms with E-state index in [2.05, 4.69) is 31.2 Å². The van der Waals surface area contributed by atoms with Gasteiger partial charge in [0.05, 0.1) is 13.2 Å². The van der Waals surface area contributed by atoms with E-state index in [9.17, 15) is 4.79 Å². The molecular formula is C24H27NO3. The summed E-state index contributed by atoms with van der Waals surface area (Å²) in [6.07, 6.45) is 6.09. The number of piperidine rings is 1. The molecular weight excluding hydrogens is 350 g/mol. The lowest BCUT2D eigenvalue weighted by Crippen LogP contribution is -2.51. The molecule has 2 aromatic rings. The molecule has 1 fully saturated rings. The van der Waals surface area contributed by atoms with Gasteiger partial charge >= 0.3 is 6.09 Å². The van der Waals surface area contributed by atoms with E-state index in [-0.39, 0.29) is 18.2 Å². The van der Waals surface area contributed by atoms with Gasteiger partial charge in [0.25, 0.3) is 0 Å². The second-order valence-corrected chi connectivity index (χ2v) is 7.68. The molecule has 4 nitrogen and oxygen atoms in total. The molecule has 2 atom stereocenters. The molecule has 1 saturated heterocycles. The number of hydrogen-bond donors (Lipinski definition) is 0. The maximum absolute atomic E-state index is 12.8. The fourth-order valence-electron chi connectivity index (χ4n) is 4.34. The van der Waals surface area contributed by atoms with Gasteiger partial charge in [-0.05, 0) is 60.9 Å². The first-order valence-electron chi connectivity index (χ1n) is 10.0. The zero-order valence-electron chi connectivity index (χ0n) is 16.6. The van der Waals surface area contributed by atoms with E-state index in [1.165, 1.54) is 11.1 Å². The van der Waals surface area contributed by atoms with Crippen LogP contribution >= 0.6 is 0 Å². The van der Waals surface area contributed by atoms with Crippen LogP contribution in [-0.2, 0) is 11.3 Å². The second-order valence-electron chi connectivity index (χ2n) is 7.68. The SMILES string of the molecule is COc1cc(C2=CC3CCCC(C2)N3C(=O)OCc2ccccc2)ccc1C. The minimum Gasteiger partial charge on any atom is -0.496 e. The summed E-state index contributed by atoms with van der Waals surface area (Å²) in [7, 11) is 1.71. The quantitative estimate of drug-likeness (QED) is 0.721. The number of amides is 1. The van der Waals surface area contributed by atoms with Crippen LogP contribution in [0.4, 0.5) is 4.79 Å². The van der Waals surface area contributed by atoms with Gasteiger partial charge in [0, 0.05) is 6.04 Å². The third-order valence-electron chi connectivity index (χ3n) is 5.83. The van der Waals surface area contributed by atoms with Crippen molar-refractivity contribution in [3.63, 3.8) is 0 Å². The molecule has 2 bridgehead atoms. The normalized spacial score (nSPS) is 21.1. The Labute approximate surface area is 166 Å². The van der Waals surface area contributed by atoms with Gasteiger partial charge in [-0.1, -0.05) is 48.5 Å². The Morgan fingerprint density at radius 2 is 1.96 bits per heavy atom. The Morgan fingerprint density at radius 3 is 2.71 bits per heavy atom. The number of benzene rings is 2. The molecule has 0 spiro atoms. The Bertz CT molecular complexity index is 875. The number of ether oxygens (including phenoxy) is 2. The van der Waals surface area contributed by atoms with Crippen LogP contribution in [0, 0.1) is 6.92 Å². The molecule has 4 rings (SSSR count). The summed E-state index contributed by atoms with van der Waals surface area (Å²) in [5.74, 6) is 0.910. The first-order valence-corrected chi connectivity index (χ1v) is 10.0. The van der Waals surface area contributed by atoms with Crippen molar-refractivity contribution in [3.8, 4) is 5.75 Å². The van der Waals surface area contributed by atoms with Crippen LogP contribution in [0.5, 0.6) is 5.75 Å². The Hall–Kier alpha value is -2.75. The zero-order chi connectivity index (χ0) is 19.5. The van der Waals surface area contributed by atoms with Crippen LogP contribution in [0.1, 0.15) is 42.4 Å². The van der Waals surface area contributed by atoms with E-state index in [0.717, 1.165) is 42.6 Å². The summed E-state index contributed by atoms with van der Waals surface area (Å²) >= 11 is 0. The highest BCUT2D eigenvalue weighted by molar-refractivity contribution is 5.75. The number of carbonyl (C=O) groups is 1. The molecule has 2 unspecified atom stereocenters. The van der Waals surface area contributed by atoms with Crippen molar-refractivity contribution in [2.75, 3.05) is 7.11 Å². The smallest absolute Gasteiger partial charge is 0.410 e.